The molecule has 96 valence electrons. The Kier molecular flexibility index (Phi) is 3.19. The van der Waals surface area contributed by atoms with Crippen LogP contribution in [0.1, 0.15) is 17.2 Å². The zero-order chi connectivity index (χ0) is 12.4. The van der Waals surface area contributed by atoms with Crippen molar-refractivity contribution in [3.05, 3.63) is 35.4 Å². The van der Waals surface area contributed by atoms with E-state index in [0.717, 1.165) is 32.3 Å². The van der Waals surface area contributed by atoms with Crippen molar-refractivity contribution in [2.45, 2.75) is 13.0 Å². The summed E-state index contributed by atoms with van der Waals surface area (Å²) < 4.78 is 11.1. The van der Waals surface area contributed by atoms with Crippen LogP contribution in [0.2, 0.25) is 0 Å². The second-order valence-electron chi connectivity index (χ2n) is 4.69. The van der Waals surface area contributed by atoms with Gasteiger partial charge in [0.15, 0.2) is 0 Å². The highest BCUT2D eigenvalue weighted by Gasteiger charge is 2.26. The lowest BCUT2D eigenvalue weighted by Crippen LogP contribution is -2.40. The Morgan fingerprint density at radius 2 is 2.00 bits per heavy atom. The minimum Gasteiger partial charge on any atom is -0.462 e. The van der Waals surface area contributed by atoms with Gasteiger partial charge in [-0.25, -0.2) is 4.99 Å². The summed E-state index contributed by atoms with van der Waals surface area (Å²) in [5.74, 6) is 0. The fourth-order valence-electron chi connectivity index (χ4n) is 2.41. The van der Waals surface area contributed by atoms with Gasteiger partial charge in [0.25, 0.3) is 6.02 Å². The SMILES string of the molecule is Cc1ccccc1C1COC(N2CCOCC2)=N1. The van der Waals surface area contributed by atoms with Gasteiger partial charge in [-0.05, 0) is 18.1 Å². The van der Waals surface area contributed by atoms with E-state index in [1.54, 1.807) is 0 Å². The predicted octanol–water partition coefficient (Wildman–Crippen LogP) is 1.75. The van der Waals surface area contributed by atoms with Gasteiger partial charge in [-0.1, -0.05) is 24.3 Å². The number of ether oxygens (including phenoxy) is 2. The van der Waals surface area contributed by atoms with Crippen molar-refractivity contribution in [3.8, 4) is 0 Å². The molecule has 1 aromatic carbocycles. The van der Waals surface area contributed by atoms with Crippen LogP contribution in [0.5, 0.6) is 0 Å². The smallest absolute Gasteiger partial charge is 0.288 e. The quantitative estimate of drug-likeness (QED) is 0.757. The molecule has 0 radical (unpaired) electrons. The molecular weight excluding hydrogens is 228 g/mol. The zero-order valence-electron chi connectivity index (χ0n) is 10.6. The number of amidine groups is 1. The molecule has 1 unspecified atom stereocenters. The molecule has 0 spiro atoms. The summed E-state index contributed by atoms with van der Waals surface area (Å²) >= 11 is 0. The van der Waals surface area contributed by atoms with Crippen LogP contribution >= 0.6 is 0 Å². The van der Waals surface area contributed by atoms with E-state index in [0.29, 0.717) is 6.61 Å². The van der Waals surface area contributed by atoms with Crippen molar-refractivity contribution < 1.29 is 9.47 Å². The Hall–Kier alpha value is -1.55. The van der Waals surface area contributed by atoms with Gasteiger partial charge in [-0.3, -0.25) is 0 Å². The maximum Gasteiger partial charge on any atom is 0.288 e. The Balaban J connectivity index is 1.77. The highest BCUT2D eigenvalue weighted by atomic mass is 16.5. The minimum atomic E-state index is 0.143. The third-order valence-electron chi connectivity index (χ3n) is 3.47. The monoisotopic (exact) mass is 246 g/mol. The van der Waals surface area contributed by atoms with E-state index in [-0.39, 0.29) is 6.04 Å². The van der Waals surface area contributed by atoms with Gasteiger partial charge >= 0.3 is 0 Å². The highest BCUT2D eigenvalue weighted by Crippen LogP contribution is 2.26. The third-order valence-corrected chi connectivity index (χ3v) is 3.47. The molecule has 4 heteroatoms. The average Bonchev–Trinajstić information content (AvgIpc) is 2.90. The van der Waals surface area contributed by atoms with E-state index in [9.17, 15) is 0 Å². The fourth-order valence-corrected chi connectivity index (χ4v) is 2.41. The topological polar surface area (TPSA) is 34.1 Å². The van der Waals surface area contributed by atoms with Gasteiger partial charge in [0, 0.05) is 13.1 Å². The van der Waals surface area contributed by atoms with Gasteiger partial charge in [0.05, 0.1) is 13.2 Å². The molecule has 1 aromatic rings. The van der Waals surface area contributed by atoms with Crippen LogP contribution in [0.25, 0.3) is 0 Å². The van der Waals surface area contributed by atoms with E-state index >= 15 is 0 Å². The van der Waals surface area contributed by atoms with E-state index in [2.05, 4.69) is 36.1 Å². The Labute approximate surface area is 107 Å². The lowest BCUT2D eigenvalue weighted by Gasteiger charge is -2.26. The van der Waals surface area contributed by atoms with Gasteiger partial charge in [0.1, 0.15) is 12.6 Å². The van der Waals surface area contributed by atoms with Crippen LogP contribution in [-0.2, 0) is 9.47 Å². The Morgan fingerprint density at radius 1 is 1.22 bits per heavy atom. The van der Waals surface area contributed by atoms with Crippen molar-refractivity contribution in [1.29, 1.82) is 0 Å². The number of aliphatic imine (C=N–C) groups is 1. The first-order chi connectivity index (χ1) is 8.84. The second-order valence-corrected chi connectivity index (χ2v) is 4.69. The molecule has 0 aliphatic carbocycles. The molecule has 1 atom stereocenters. The molecule has 0 amide bonds. The van der Waals surface area contributed by atoms with Crippen LogP contribution in [0.15, 0.2) is 29.3 Å². The zero-order valence-corrected chi connectivity index (χ0v) is 10.6. The van der Waals surface area contributed by atoms with Crippen molar-refractivity contribution in [2.24, 2.45) is 4.99 Å². The number of nitrogens with zero attached hydrogens (tertiary/aromatic N) is 2. The maximum atomic E-state index is 5.73. The van der Waals surface area contributed by atoms with Gasteiger partial charge in [-0.2, -0.15) is 0 Å². The predicted molar refractivity (Wildman–Crippen MR) is 69.7 cm³/mol. The maximum absolute atomic E-state index is 5.73. The van der Waals surface area contributed by atoms with Crippen molar-refractivity contribution in [2.75, 3.05) is 32.9 Å². The molecule has 2 aliphatic rings. The molecule has 2 aliphatic heterocycles. The minimum absolute atomic E-state index is 0.143. The molecule has 2 heterocycles. The van der Waals surface area contributed by atoms with Gasteiger partial charge in [0.2, 0.25) is 0 Å². The summed E-state index contributed by atoms with van der Waals surface area (Å²) in [7, 11) is 0. The molecule has 0 aromatic heterocycles. The molecule has 3 rings (SSSR count). The normalized spacial score (nSPS) is 23.7. The molecule has 1 saturated heterocycles. The third kappa shape index (κ3) is 2.20. The number of benzene rings is 1. The molecule has 18 heavy (non-hydrogen) atoms. The van der Waals surface area contributed by atoms with E-state index in [1.807, 2.05) is 0 Å². The van der Waals surface area contributed by atoms with Gasteiger partial charge in [-0.15, -0.1) is 0 Å². The van der Waals surface area contributed by atoms with E-state index in [4.69, 9.17) is 14.5 Å². The average molecular weight is 246 g/mol. The fraction of sp³-hybridized carbons (Fsp3) is 0.500. The number of aryl methyl sites for hydroxylation is 1. The van der Waals surface area contributed by atoms with Crippen LogP contribution in [0.3, 0.4) is 0 Å². The Morgan fingerprint density at radius 3 is 2.78 bits per heavy atom. The number of rotatable bonds is 1. The van der Waals surface area contributed by atoms with Crippen molar-refractivity contribution in [3.63, 3.8) is 0 Å². The second kappa shape index (κ2) is 4.98. The largest absolute Gasteiger partial charge is 0.462 e. The number of hydrogen-bond acceptors (Lipinski definition) is 4. The Bertz CT molecular complexity index is 453. The van der Waals surface area contributed by atoms with Crippen LogP contribution in [0, 0.1) is 6.92 Å². The lowest BCUT2D eigenvalue weighted by atomic mass is 10.0. The van der Waals surface area contributed by atoms with Crippen molar-refractivity contribution >= 4 is 6.02 Å². The summed E-state index contributed by atoms with van der Waals surface area (Å²) in [6.45, 7) is 6.04. The number of hydrogen-bond donors (Lipinski definition) is 0. The standard InChI is InChI=1S/C14H18N2O2/c1-11-4-2-3-5-12(11)13-10-18-14(15-13)16-6-8-17-9-7-16/h2-5,13H,6-10H2,1H3. The summed E-state index contributed by atoms with van der Waals surface area (Å²) in [5.41, 5.74) is 2.54. The van der Waals surface area contributed by atoms with Crippen LogP contribution in [0.4, 0.5) is 0 Å². The van der Waals surface area contributed by atoms with Crippen molar-refractivity contribution in [1.82, 2.24) is 4.90 Å². The lowest BCUT2D eigenvalue weighted by molar-refractivity contribution is 0.0576. The highest BCUT2D eigenvalue weighted by molar-refractivity contribution is 5.75. The summed E-state index contributed by atoms with van der Waals surface area (Å²) in [4.78, 5) is 6.88. The molecule has 4 nitrogen and oxygen atoms in total. The van der Waals surface area contributed by atoms with E-state index < -0.39 is 0 Å². The molecule has 0 bridgehead atoms. The van der Waals surface area contributed by atoms with Crippen LogP contribution < -0.4 is 0 Å². The first-order valence-corrected chi connectivity index (χ1v) is 6.43. The summed E-state index contributed by atoms with van der Waals surface area (Å²) in [6.07, 6.45) is 0. The first kappa shape index (κ1) is 11.5. The molecular formula is C14H18N2O2. The summed E-state index contributed by atoms with van der Waals surface area (Å²) in [5, 5.41) is 0. The first-order valence-electron chi connectivity index (χ1n) is 6.43. The van der Waals surface area contributed by atoms with Crippen LogP contribution in [-0.4, -0.2) is 43.8 Å². The molecule has 0 N–H and O–H groups in total. The van der Waals surface area contributed by atoms with Gasteiger partial charge < -0.3 is 14.4 Å². The van der Waals surface area contributed by atoms with E-state index in [1.165, 1.54) is 11.1 Å². The molecule has 0 saturated carbocycles. The summed E-state index contributed by atoms with van der Waals surface area (Å²) in [6, 6.07) is 9.30. The number of morpholine rings is 1. The molecule has 1 fully saturated rings.